The maximum atomic E-state index is 12.4. The van der Waals surface area contributed by atoms with Crippen LogP contribution in [0.4, 0.5) is 5.69 Å². The number of carbonyl (C=O) groups is 2. The van der Waals surface area contributed by atoms with Gasteiger partial charge < -0.3 is 5.32 Å². The quantitative estimate of drug-likeness (QED) is 0.560. The van der Waals surface area contributed by atoms with Crippen molar-refractivity contribution in [3.63, 3.8) is 0 Å². The van der Waals surface area contributed by atoms with Crippen LogP contribution in [0.1, 0.15) is 59.0 Å². The fourth-order valence-corrected chi connectivity index (χ4v) is 3.03. The van der Waals surface area contributed by atoms with Gasteiger partial charge in [-0.25, -0.2) is 0 Å². The first kappa shape index (κ1) is 20.5. The van der Waals surface area contributed by atoms with Crippen LogP contribution in [0.2, 0.25) is 0 Å². The fraction of sp³-hybridized carbons (Fsp3) is 0.240. The van der Waals surface area contributed by atoms with Crippen molar-refractivity contribution in [3.8, 4) is 0 Å². The predicted octanol–water partition coefficient (Wildman–Crippen LogP) is 5.30. The smallest absolute Gasteiger partial charge is 0.193 e. The number of ketones is 2. The minimum atomic E-state index is -0.0344. The summed E-state index contributed by atoms with van der Waals surface area (Å²) in [5.74, 6) is 0.0790. The molecule has 0 fully saturated rings. The van der Waals surface area contributed by atoms with Crippen molar-refractivity contribution in [1.82, 2.24) is 4.98 Å². The molecule has 0 atom stereocenters. The molecular formula is C25H26N2O2. The second kappa shape index (κ2) is 8.82. The lowest BCUT2D eigenvalue weighted by atomic mass is 9.86. The molecule has 4 heteroatoms. The maximum Gasteiger partial charge on any atom is 0.193 e. The Labute approximate surface area is 172 Å². The van der Waals surface area contributed by atoms with Gasteiger partial charge >= 0.3 is 0 Å². The van der Waals surface area contributed by atoms with E-state index in [1.807, 2.05) is 36.4 Å². The number of rotatable bonds is 7. The SMILES string of the molecule is CC(C)(C)c1ccc(C(=O)CCNc2ccc(C(=O)c3ccncc3)cc2)cc1. The Bertz CT molecular complexity index is 970. The molecule has 0 saturated heterocycles. The van der Waals surface area contributed by atoms with Gasteiger partial charge in [0.15, 0.2) is 11.6 Å². The lowest BCUT2D eigenvalue weighted by Crippen LogP contribution is -2.12. The van der Waals surface area contributed by atoms with Gasteiger partial charge in [0.2, 0.25) is 0 Å². The third-order valence-electron chi connectivity index (χ3n) is 4.84. The normalized spacial score (nSPS) is 11.1. The van der Waals surface area contributed by atoms with Crippen molar-refractivity contribution >= 4 is 17.3 Å². The summed E-state index contributed by atoms with van der Waals surface area (Å²) in [7, 11) is 0. The average Bonchev–Trinajstić information content (AvgIpc) is 2.74. The second-order valence-corrected chi connectivity index (χ2v) is 8.07. The van der Waals surface area contributed by atoms with Gasteiger partial charge in [0.25, 0.3) is 0 Å². The van der Waals surface area contributed by atoms with E-state index in [0.717, 1.165) is 11.3 Å². The summed E-state index contributed by atoms with van der Waals surface area (Å²) in [6, 6.07) is 18.6. The summed E-state index contributed by atoms with van der Waals surface area (Å²) in [6.07, 6.45) is 3.63. The summed E-state index contributed by atoms with van der Waals surface area (Å²) in [6.45, 7) is 7.01. The van der Waals surface area contributed by atoms with E-state index in [-0.39, 0.29) is 17.0 Å². The van der Waals surface area contributed by atoms with Crippen LogP contribution in [0, 0.1) is 0 Å². The molecule has 0 saturated carbocycles. The Morgan fingerprint density at radius 3 is 1.93 bits per heavy atom. The molecule has 4 nitrogen and oxygen atoms in total. The lowest BCUT2D eigenvalue weighted by molar-refractivity contribution is 0.0985. The van der Waals surface area contributed by atoms with Gasteiger partial charge in [-0.15, -0.1) is 0 Å². The standard InChI is InChI=1S/C25H26N2O2/c1-25(2,3)21-8-4-18(5-9-21)23(28)14-17-27-22-10-6-19(7-11-22)24(29)20-12-15-26-16-13-20/h4-13,15-16,27H,14,17H2,1-3H3. The van der Waals surface area contributed by atoms with E-state index in [4.69, 9.17) is 0 Å². The third-order valence-corrected chi connectivity index (χ3v) is 4.84. The van der Waals surface area contributed by atoms with Crippen LogP contribution >= 0.6 is 0 Å². The summed E-state index contributed by atoms with van der Waals surface area (Å²) >= 11 is 0. The minimum absolute atomic E-state index is 0.0344. The Hall–Kier alpha value is -3.27. The molecule has 0 aliphatic rings. The molecule has 0 amide bonds. The first-order valence-corrected chi connectivity index (χ1v) is 9.77. The molecule has 0 aliphatic carbocycles. The van der Waals surface area contributed by atoms with E-state index < -0.39 is 0 Å². The highest BCUT2D eigenvalue weighted by atomic mass is 16.1. The molecule has 0 spiro atoms. The zero-order valence-corrected chi connectivity index (χ0v) is 17.1. The number of nitrogens with one attached hydrogen (secondary N) is 1. The highest BCUT2D eigenvalue weighted by Gasteiger charge is 2.14. The molecule has 29 heavy (non-hydrogen) atoms. The number of hydrogen-bond donors (Lipinski definition) is 1. The van der Waals surface area contributed by atoms with Gasteiger partial charge in [0.05, 0.1) is 0 Å². The average molecular weight is 386 g/mol. The number of benzene rings is 2. The summed E-state index contributed by atoms with van der Waals surface area (Å²) in [5, 5.41) is 3.24. The largest absolute Gasteiger partial charge is 0.385 e. The van der Waals surface area contributed by atoms with Gasteiger partial charge in [-0.3, -0.25) is 14.6 Å². The van der Waals surface area contributed by atoms with Crippen molar-refractivity contribution in [2.24, 2.45) is 0 Å². The molecule has 1 heterocycles. The highest BCUT2D eigenvalue weighted by molar-refractivity contribution is 6.09. The van der Waals surface area contributed by atoms with Crippen molar-refractivity contribution in [3.05, 3.63) is 95.3 Å². The Morgan fingerprint density at radius 2 is 1.34 bits per heavy atom. The molecule has 1 N–H and O–H groups in total. The number of hydrogen-bond acceptors (Lipinski definition) is 4. The van der Waals surface area contributed by atoms with Crippen LogP contribution in [-0.4, -0.2) is 23.1 Å². The van der Waals surface area contributed by atoms with Crippen LogP contribution in [0.5, 0.6) is 0 Å². The van der Waals surface area contributed by atoms with Crippen molar-refractivity contribution < 1.29 is 9.59 Å². The van der Waals surface area contributed by atoms with E-state index >= 15 is 0 Å². The molecule has 3 rings (SSSR count). The van der Waals surface area contributed by atoms with Crippen molar-refractivity contribution in [2.75, 3.05) is 11.9 Å². The highest BCUT2D eigenvalue weighted by Crippen LogP contribution is 2.22. The molecule has 148 valence electrons. The number of nitrogens with zero attached hydrogens (tertiary/aromatic N) is 1. The van der Waals surface area contributed by atoms with E-state index in [9.17, 15) is 9.59 Å². The zero-order chi connectivity index (χ0) is 20.9. The monoisotopic (exact) mass is 386 g/mol. The fourth-order valence-electron chi connectivity index (χ4n) is 3.03. The van der Waals surface area contributed by atoms with Crippen molar-refractivity contribution in [1.29, 1.82) is 0 Å². The van der Waals surface area contributed by atoms with Crippen molar-refractivity contribution in [2.45, 2.75) is 32.6 Å². The Kier molecular flexibility index (Phi) is 6.23. The van der Waals surface area contributed by atoms with Crippen LogP contribution in [0.3, 0.4) is 0 Å². The number of pyridine rings is 1. The summed E-state index contributed by atoms with van der Waals surface area (Å²) in [4.78, 5) is 28.7. The molecule has 0 unspecified atom stereocenters. The number of aromatic nitrogens is 1. The second-order valence-electron chi connectivity index (χ2n) is 8.07. The van der Waals surface area contributed by atoms with Crippen LogP contribution in [0.25, 0.3) is 0 Å². The third kappa shape index (κ3) is 5.38. The Morgan fingerprint density at radius 1 is 0.793 bits per heavy atom. The molecular weight excluding hydrogens is 360 g/mol. The van der Waals surface area contributed by atoms with Gasteiger partial charge in [0, 0.05) is 47.7 Å². The van der Waals surface area contributed by atoms with Gasteiger partial charge in [-0.2, -0.15) is 0 Å². The van der Waals surface area contributed by atoms with Crippen LogP contribution in [-0.2, 0) is 5.41 Å². The van der Waals surface area contributed by atoms with Gasteiger partial charge in [-0.05, 0) is 47.4 Å². The summed E-state index contributed by atoms with van der Waals surface area (Å²) in [5.41, 5.74) is 4.15. The summed E-state index contributed by atoms with van der Waals surface area (Å²) < 4.78 is 0. The molecule has 1 aromatic heterocycles. The first-order valence-electron chi connectivity index (χ1n) is 9.77. The van der Waals surface area contributed by atoms with E-state index in [2.05, 4.69) is 31.1 Å². The number of carbonyl (C=O) groups excluding carboxylic acids is 2. The lowest BCUT2D eigenvalue weighted by Gasteiger charge is -2.19. The van der Waals surface area contributed by atoms with Crippen LogP contribution in [0.15, 0.2) is 73.1 Å². The van der Waals surface area contributed by atoms with E-state index in [1.165, 1.54) is 5.56 Å². The topological polar surface area (TPSA) is 59.1 Å². The number of anilines is 1. The first-order chi connectivity index (χ1) is 13.8. The minimum Gasteiger partial charge on any atom is -0.385 e. The van der Waals surface area contributed by atoms with E-state index in [0.29, 0.717) is 24.1 Å². The number of Topliss-reactive ketones (excluding diaryl/α,β-unsaturated/α-hetero) is 1. The molecule has 3 aromatic rings. The molecule has 0 radical (unpaired) electrons. The van der Waals surface area contributed by atoms with Gasteiger partial charge in [-0.1, -0.05) is 45.0 Å². The van der Waals surface area contributed by atoms with E-state index in [1.54, 1.807) is 36.7 Å². The molecule has 2 aromatic carbocycles. The molecule has 0 aliphatic heterocycles. The Balaban J connectivity index is 1.53. The zero-order valence-electron chi connectivity index (χ0n) is 17.1. The van der Waals surface area contributed by atoms with Crippen LogP contribution < -0.4 is 5.32 Å². The van der Waals surface area contributed by atoms with Gasteiger partial charge in [0.1, 0.15) is 0 Å². The maximum absolute atomic E-state index is 12.4. The molecule has 0 bridgehead atoms. The predicted molar refractivity (Wildman–Crippen MR) is 117 cm³/mol.